The maximum atomic E-state index is 9.60. The van der Waals surface area contributed by atoms with Crippen molar-refractivity contribution in [3.05, 3.63) is 23.8 Å². The summed E-state index contributed by atoms with van der Waals surface area (Å²) in [5.41, 5.74) is 0.718. The first-order valence-corrected chi connectivity index (χ1v) is 4.78. The molecule has 0 amide bonds. The van der Waals surface area contributed by atoms with E-state index in [2.05, 4.69) is 11.2 Å². The minimum absolute atomic E-state index is 0.0495. The molecule has 0 radical (unpaired) electrons. The molecular weight excluding hydrogens is 190 g/mol. The van der Waals surface area contributed by atoms with Gasteiger partial charge in [-0.3, -0.25) is 5.32 Å². The van der Waals surface area contributed by atoms with E-state index in [0.29, 0.717) is 0 Å². The van der Waals surface area contributed by atoms with Crippen molar-refractivity contribution in [3.8, 4) is 23.8 Å². The maximum Gasteiger partial charge on any atom is 0.124 e. The molecule has 0 fully saturated rings. The summed E-state index contributed by atoms with van der Waals surface area (Å²) < 4.78 is 0. The lowest BCUT2D eigenvalue weighted by atomic mass is 10.1. The third-order valence-corrected chi connectivity index (χ3v) is 2.23. The monoisotopic (exact) mass is 205 g/mol. The Hall–Kier alpha value is -1.66. The SMILES string of the molecule is C#CC(C)NC(C)c1ccc(O)cc1O. The molecule has 80 valence electrons. The van der Waals surface area contributed by atoms with Crippen molar-refractivity contribution in [2.75, 3.05) is 0 Å². The molecule has 3 nitrogen and oxygen atoms in total. The maximum absolute atomic E-state index is 9.60. The zero-order valence-electron chi connectivity index (χ0n) is 8.86. The van der Waals surface area contributed by atoms with Gasteiger partial charge in [-0.15, -0.1) is 6.42 Å². The Labute approximate surface area is 89.8 Å². The van der Waals surface area contributed by atoms with Crippen LogP contribution in [-0.4, -0.2) is 16.3 Å². The van der Waals surface area contributed by atoms with Crippen molar-refractivity contribution >= 4 is 0 Å². The van der Waals surface area contributed by atoms with Gasteiger partial charge in [0.25, 0.3) is 0 Å². The van der Waals surface area contributed by atoms with Crippen LogP contribution in [0.3, 0.4) is 0 Å². The normalized spacial score (nSPS) is 14.2. The molecule has 0 saturated carbocycles. The summed E-state index contributed by atoms with van der Waals surface area (Å²) in [5, 5.41) is 21.9. The van der Waals surface area contributed by atoms with E-state index in [-0.39, 0.29) is 23.6 Å². The molecule has 2 unspecified atom stereocenters. The van der Waals surface area contributed by atoms with E-state index < -0.39 is 0 Å². The van der Waals surface area contributed by atoms with Crippen molar-refractivity contribution in [2.45, 2.75) is 25.9 Å². The molecule has 0 heterocycles. The van der Waals surface area contributed by atoms with Gasteiger partial charge in [-0.1, -0.05) is 12.0 Å². The lowest BCUT2D eigenvalue weighted by Crippen LogP contribution is -2.27. The summed E-state index contributed by atoms with van der Waals surface area (Å²) in [6.45, 7) is 3.77. The van der Waals surface area contributed by atoms with E-state index in [1.54, 1.807) is 6.07 Å². The quantitative estimate of drug-likeness (QED) is 0.659. The molecule has 0 aliphatic heterocycles. The van der Waals surface area contributed by atoms with Gasteiger partial charge in [0.2, 0.25) is 0 Å². The van der Waals surface area contributed by atoms with Crippen molar-refractivity contribution in [3.63, 3.8) is 0 Å². The zero-order valence-corrected chi connectivity index (χ0v) is 8.86. The Balaban J connectivity index is 2.83. The highest BCUT2D eigenvalue weighted by Crippen LogP contribution is 2.27. The summed E-state index contributed by atoms with van der Waals surface area (Å²) in [4.78, 5) is 0. The molecule has 0 saturated heterocycles. The molecule has 2 atom stereocenters. The second-order valence-electron chi connectivity index (χ2n) is 3.52. The van der Waals surface area contributed by atoms with E-state index in [1.807, 2.05) is 13.8 Å². The van der Waals surface area contributed by atoms with Crippen molar-refractivity contribution in [1.29, 1.82) is 0 Å². The second-order valence-corrected chi connectivity index (χ2v) is 3.52. The van der Waals surface area contributed by atoms with Crippen molar-refractivity contribution in [2.24, 2.45) is 0 Å². The molecule has 3 N–H and O–H groups in total. The Morgan fingerprint density at radius 3 is 2.53 bits per heavy atom. The van der Waals surface area contributed by atoms with E-state index in [1.165, 1.54) is 12.1 Å². The molecule has 1 rings (SSSR count). The number of rotatable bonds is 3. The number of benzene rings is 1. The first-order chi connectivity index (χ1) is 7.04. The summed E-state index contributed by atoms with van der Waals surface area (Å²) in [5.74, 6) is 2.67. The highest BCUT2D eigenvalue weighted by atomic mass is 16.3. The van der Waals surface area contributed by atoms with E-state index >= 15 is 0 Å². The lowest BCUT2D eigenvalue weighted by Gasteiger charge is -2.17. The highest BCUT2D eigenvalue weighted by molar-refractivity contribution is 5.40. The smallest absolute Gasteiger partial charge is 0.124 e. The Morgan fingerprint density at radius 2 is 2.00 bits per heavy atom. The average molecular weight is 205 g/mol. The minimum Gasteiger partial charge on any atom is -0.508 e. The minimum atomic E-state index is -0.0618. The van der Waals surface area contributed by atoms with Gasteiger partial charge in [-0.25, -0.2) is 0 Å². The molecule has 0 aromatic heterocycles. The van der Waals surface area contributed by atoms with Crippen molar-refractivity contribution < 1.29 is 10.2 Å². The first kappa shape index (κ1) is 11.4. The summed E-state index contributed by atoms with van der Waals surface area (Å²) in [7, 11) is 0. The predicted octanol–water partition coefficient (Wildman–Crippen LogP) is 1.77. The van der Waals surface area contributed by atoms with E-state index in [9.17, 15) is 5.11 Å². The molecule has 15 heavy (non-hydrogen) atoms. The van der Waals surface area contributed by atoms with Gasteiger partial charge >= 0.3 is 0 Å². The highest BCUT2D eigenvalue weighted by Gasteiger charge is 2.11. The summed E-state index contributed by atoms with van der Waals surface area (Å²) in [6, 6.07) is 4.40. The van der Waals surface area contributed by atoms with Crippen LogP contribution in [0.25, 0.3) is 0 Å². The zero-order chi connectivity index (χ0) is 11.4. The van der Waals surface area contributed by atoms with Gasteiger partial charge in [0.1, 0.15) is 11.5 Å². The topological polar surface area (TPSA) is 52.5 Å². The molecular formula is C12H15NO2. The molecule has 0 aliphatic rings. The third-order valence-electron chi connectivity index (χ3n) is 2.23. The number of hydrogen-bond acceptors (Lipinski definition) is 3. The van der Waals surface area contributed by atoms with Gasteiger partial charge in [0, 0.05) is 17.7 Å². The van der Waals surface area contributed by atoms with Crippen LogP contribution in [0, 0.1) is 12.3 Å². The van der Waals surface area contributed by atoms with E-state index in [4.69, 9.17) is 11.5 Å². The molecule has 0 bridgehead atoms. The number of hydrogen-bond donors (Lipinski definition) is 3. The Kier molecular flexibility index (Phi) is 3.59. The molecule has 1 aromatic rings. The predicted molar refractivity (Wildman–Crippen MR) is 59.6 cm³/mol. The Morgan fingerprint density at radius 1 is 1.33 bits per heavy atom. The fourth-order valence-corrected chi connectivity index (χ4v) is 1.41. The number of nitrogens with one attached hydrogen (secondary N) is 1. The summed E-state index contributed by atoms with van der Waals surface area (Å²) >= 11 is 0. The number of phenols is 2. The molecule has 3 heteroatoms. The fourth-order valence-electron chi connectivity index (χ4n) is 1.41. The standard InChI is InChI=1S/C12H15NO2/c1-4-8(2)13-9(3)11-6-5-10(14)7-12(11)15/h1,5-9,13-15H,2-3H3. The van der Waals surface area contributed by atoms with Crippen LogP contribution in [0.15, 0.2) is 18.2 Å². The van der Waals surface area contributed by atoms with E-state index in [0.717, 1.165) is 5.56 Å². The first-order valence-electron chi connectivity index (χ1n) is 4.78. The van der Waals surface area contributed by atoms with Crippen molar-refractivity contribution in [1.82, 2.24) is 5.32 Å². The van der Waals surface area contributed by atoms with Crippen LogP contribution in [0.5, 0.6) is 11.5 Å². The van der Waals surface area contributed by atoms with Crippen LogP contribution in [0.4, 0.5) is 0 Å². The Bertz CT molecular complexity index is 382. The fraction of sp³-hybridized carbons (Fsp3) is 0.333. The van der Waals surface area contributed by atoms with Crippen LogP contribution >= 0.6 is 0 Å². The van der Waals surface area contributed by atoms with Crippen LogP contribution < -0.4 is 5.32 Å². The molecule has 0 spiro atoms. The molecule has 0 aliphatic carbocycles. The largest absolute Gasteiger partial charge is 0.508 e. The number of terminal acetylenes is 1. The third kappa shape index (κ3) is 2.90. The van der Waals surface area contributed by atoms with Gasteiger partial charge in [0.15, 0.2) is 0 Å². The average Bonchev–Trinajstić information content (AvgIpc) is 2.17. The van der Waals surface area contributed by atoms with Gasteiger partial charge in [0.05, 0.1) is 6.04 Å². The van der Waals surface area contributed by atoms with Gasteiger partial charge in [-0.2, -0.15) is 0 Å². The van der Waals surface area contributed by atoms with Crippen LogP contribution in [-0.2, 0) is 0 Å². The van der Waals surface area contributed by atoms with Gasteiger partial charge in [-0.05, 0) is 19.9 Å². The van der Waals surface area contributed by atoms with Gasteiger partial charge < -0.3 is 10.2 Å². The molecule has 1 aromatic carbocycles. The number of aromatic hydroxyl groups is 2. The summed E-state index contributed by atoms with van der Waals surface area (Å²) in [6.07, 6.45) is 5.25. The number of phenolic OH excluding ortho intramolecular Hbond substituents is 2. The second kappa shape index (κ2) is 4.72. The van der Waals surface area contributed by atoms with Crippen LogP contribution in [0.1, 0.15) is 25.5 Å². The van der Waals surface area contributed by atoms with Crippen LogP contribution in [0.2, 0.25) is 0 Å². The lowest BCUT2D eigenvalue weighted by molar-refractivity contribution is 0.434.